The minimum atomic E-state index is 0.367. The van der Waals surface area contributed by atoms with Gasteiger partial charge in [0.15, 0.2) is 0 Å². The number of hydrogen-bond donors (Lipinski definition) is 0. The molecular weight excluding hydrogens is 172 g/mol. The topological polar surface area (TPSA) is 0 Å². The third kappa shape index (κ3) is 2.31. The Morgan fingerprint density at radius 1 is 1.36 bits per heavy atom. The van der Waals surface area contributed by atoms with Crippen LogP contribution < -0.4 is 0 Å². The predicted molar refractivity (Wildman–Crippen MR) is 56.4 cm³/mol. The van der Waals surface area contributed by atoms with Crippen molar-refractivity contribution in [2.75, 3.05) is 6.26 Å². The van der Waals surface area contributed by atoms with Crippen LogP contribution in [0.1, 0.15) is 10.8 Å². The number of thioether (sulfide) groups is 1. The first kappa shape index (κ1) is 8.75. The van der Waals surface area contributed by atoms with E-state index in [2.05, 4.69) is 18.4 Å². The van der Waals surface area contributed by atoms with Crippen LogP contribution in [0.15, 0.2) is 30.3 Å². The van der Waals surface area contributed by atoms with Gasteiger partial charge in [0.05, 0.1) is 5.25 Å². The molecule has 0 aromatic heterocycles. The molecule has 0 saturated carbocycles. The lowest BCUT2D eigenvalue weighted by Crippen LogP contribution is -1.91. The van der Waals surface area contributed by atoms with Crippen molar-refractivity contribution in [1.29, 1.82) is 0 Å². The average Bonchev–Trinajstić information content (AvgIpc) is 2.09. The molecule has 58 valence electrons. The Bertz CT molecular complexity index is 218. The van der Waals surface area contributed by atoms with E-state index < -0.39 is 0 Å². The zero-order chi connectivity index (χ0) is 8.10. The molecule has 1 atom stereocenters. The van der Waals surface area contributed by atoms with Gasteiger partial charge < -0.3 is 0 Å². The smallest absolute Gasteiger partial charge is 0.0576 e. The van der Waals surface area contributed by atoms with Gasteiger partial charge in [-0.05, 0) is 17.2 Å². The molecule has 1 aromatic rings. The molecule has 0 aliphatic carbocycles. The summed E-state index contributed by atoms with van der Waals surface area (Å²) in [6.45, 7) is 0. The quantitative estimate of drug-likeness (QED) is 0.659. The van der Waals surface area contributed by atoms with Crippen molar-refractivity contribution in [3.8, 4) is 0 Å². The molecule has 0 saturated heterocycles. The molecule has 0 aliphatic heterocycles. The highest BCUT2D eigenvalue weighted by Crippen LogP contribution is 2.23. The van der Waals surface area contributed by atoms with Gasteiger partial charge in [-0.25, -0.2) is 0 Å². The van der Waals surface area contributed by atoms with Gasteiger partial charge in [-0.3, -0.25) is 0 Å². The first-order valence-corrected chi connectivity index (χ1v) is 5.17. The summed E-state index contributed by atoms with van der Waals surface area (Å²) in [5, 5.41) is 2.17. The molecule has 0 spiro atoms. The third-order valence-electron chi connectivity index (χ3n) is 1.51. The summed E-state index contributed by atoms with van der Waals surface area (Å²) in [5.74, 6) is 0. The zero-order valence-corrected chi connectivity index (χ0v) is 7.99. The molecule has 11 heavy (non-hydrogen) atoms. The summed E-state index contributed by atoms with van der Waals surface area (Å²) in [7, 11) is 0. The lowest BCUT2D eigenvalue weighted by molar-refractivity contribution is 1.34. The number of thiocarbonyl (C=S) groups is 1. The van der Waals surface area contributed by atoms with E-state index in [1.807, 2.05) is 18.2 Å². The molecular formula is C9H10S2. The zero-order valence-electron chi connectivity index (χ0n) is 6.36. The summed E-state index contributed by atoms with van der Waals surface area (Å²) in [4.78, 5) is 0. The lowest BCUT2D eigenvalue weighted by atomic mass is 10.2. The Hall–Kier alpha value is -0.340. The highest BCUT2D eigenvalue weighted by molar-refractivity contribution is 8.00. The van der Waals surface area contributed by atoms with Crippen LogP contribution >= 0.6 is 24.0 Å². The molecule has 1 aromatic carbocycles. The SMILES string of the molecule is CSC(C=S)c1ccccc1. The van der Waals surface area contributed by atoms with Crippen molar-refractivity contribution < 1.29 is 0 Å². The van der Waals surface area contributed by atoms with Crippen molar-refractivity contribution in [3.63, 3.8) is 0 Å². The summed E-state index contributed by atoms with van der Waals surface area (Å²) in [6.07, 6.45) is 2.07. The molecule has 1 unspecified atom stereocenters. The monoisotopic (exact) mass is 182 g/mol. The Balaban J connectivity index is 2.82. The third-order valence-corrected chi connectivity index (χ3v) is 2.87. The lowest BCUT2D eigenvalue weighted by Gasteiger charge is -2.06. The minimum Gasteiger partial charge on any atom is -0.152 e. The normalized spacial score (nSPS) is 12.5. The molecule has 0 radical (unpaired) electrons. The molecule has 0 amide bonds. The first-order chi connectivity index (χ1) is 5.38. The van der Waals surface area contributed by atoms with E-state index in [0.717, 1.165) is 0 Å². The van der Waals surface area contributed by atoms with Crippen LogP contribution in [-0.2, 0) is 0 Å². The van der Waals surface area contributed by atoms with Crippen LogP contribution in [0.3, 0.4) is 0 Å². The van der Waals surface area contributed by atoms with Gasteiger partial charge in [0.1, 0.15) is 0 Å². The van der Waals surface area contributed by atoms with Crippen LogP contribution in [0.25, 0.3) is 0 Å². The van der Waals surface area contributed by atoms with E-state index in [0.29, 0.717) is 5.25 Å². The van der Waals surface area contributed by atoms with E-state index in [4.69, 9.17) is 12.2 Å². The Kier molecular flexibility index (Phi) is 3.60. The number of hydrogen-bond acceptors (Lipinski definition) is 2. The van der Waals surface area contributed by atoms with Crippen LogP contribution in [0, 0.1) is 0 Å². The minimum absolute atomic E-state index is 0.367. The molecule has 0 fully saturated rings. The second-order valence-corrected chi connectivity index (χ2v) is 3.45. The molecule has 2 heteroatoms. The maximum atomic E-state index is 4.91. The summed E-state index contributed by atoms with van der Waals surface area (Å²) in [5.41, 5.74) is 1.29. The maximum Gasteiger partial charge on any atom is 0.0576 e. The fourth-order valence-corrected chi connectivity index (χ4v) is 1.94. The van der Waals surface area contributed by atoms with Crippen LogP contribution in [-0.4, -0.2) is 11.6 Å². The fourth-order valence-electron chi connectivity index (χ4n) is 0.913. The Morgan fingerprint density at radius 3 is 2.45 bits per heavy atom. The van der Waals surface area contributed by atoms with Gasteiger partial charge in [-0.2, -0.15) is 11.8 Å². The fraction of sp³-hybridized carbons (Fsp3) is 0.222. The van der Waals surface area contributed by atoms with E-state index in [1.54, 1.807) is 17.1 Å². The van der Waals surface area contributed by atoms with E-state index in [1.165, 1.54) is 5.56 Å². The second-order valence-electron chi connectivity index (χ2n) is 2.20. The molecule has 0 N–H and O–H groups in total. The Labute approximate surface area is 77.0 Å². The van der Waals surface area contributed by atoms with Crippen molar-refractivity contribution in [1.82, 2.24) is 0 Å². The van der Waals surface area contributed by atoms with Gasteiger partial charge in [0, 0.05) is 0 Å². The van der Waals surface area contributed by atoms with Crippen molar-refractivity contribution in [2.24, 2.45) is 0 Å². The highest BCUT2D eigenvalue weighted by Gasteiger charge is 2.03. The molecule has 1 rings (SSSR count). The van der Waals surface area contributed by atoms with Gasteiger partial charge in [-0.15, -0.1) is 0 Å². The summed E-state index contributed by atoms with van der Waals surface area (Å²) < 4.78 is 0. The van der Waals surface area contributed by atoms with Crippen LogP contribution in [0.5, 0.6) is 0 Å². The van der Waals surface area contributed by atoms with Gasteiger partial charge in [-0.1, -0.05) is 42.5 Å². The van der Waals surface area contributed by atoms with E-state index >= 15 is 0 Å². The Morgan fingerprint density at radius 2 is 2.00 bits per heavy atom. The number of benzene rings is 1. The maximum absolute atomic E-state index is 4.91. The molecule has 0 bridgehead atoms. The van der Waals surface area contributed by atoms with Gasteiger partial charge >= 0.3 is 0 Å². The summed E-state index contributed by atoms with van der Waals surface area (Å²) in [6, 6.07) is 10.3. The molecule has 0 aliphatic rings. The van der Waals surface area contributed by atoms with Crippen LogP contribution in [0.4, 0.5) is 0 Å². The van der Waals surface area contributed by atoms with E-state index in [9.17, 15) is 0 Å². The second kappa shape index (κ2) is 4.52. The predicted octanol–water partition coefficient (Wildman–Crippen LogP) is 3.09. The standard InChI is InChI=1S/C9H10S2/c1-11-9(7-10)8-5-3-2-4-6-8/h2-7,9H,1H3. The van der Waals surface area contributed by atoms with Crippen molar-refractivity contribution >= 4 is 29.3 Å². The van der Waals surface area contributed by atoms with Gasteiger partial charge in [0.25, 0.3) is 0 Å². The van der Waals surface area contributed by atoms with Crippen LogP contribution in [0.2, 0.25) is 0 Å². The van der Waals surface area contributed by atoms with E-state index in [-0.39, 0.29) is 0 Å². The molecule has 0 heterocycles. The average molecular weight is 182 g/mol. The van der Waals surface area contributed by atoms with Gasteiger partial charge in [0.2, 0.25) is 0 Å². The first-order valence-electron chi connectivity index (χ1n) is 3.41. The summed E-state index contributed by atoms with van der Waals surface area (Å²) >= 11 is 6.67. The highest BCUT2D eigenvalue weighted by atomic mass is 32.2. The van der Waals surface area contributed by atoms with Crippen molar-refractivity contribution in [3.05, 3.63) is 35.9 Å². The number of rotatable bonds is 3. The van der Waals surface area contributed by atoms with Crippen molar-refractivity contribution in [2.45, 2.75) is 5.25 Å². The largest absolute Gasteiger partial charge is 0.152 e. The molecule has 0 nitrogen and oxygen atoms in total.